The summed E-state index contributed by atoms with van der Waals surface area (Å²) in [6.07, 6.45) is 3.64. The van der Waals surface area contributed by atoms with E-state index in [2.05, 4.69) is 9.98 Å². The minimum absolute atomic E-state index is 0.219. The second-order valence-corrected chi connectivity index (χ2v) is 6.39. The first-order valence-electron chi connectivity index (χ1n) is 6.36. The number of rotatable bonds is 2. The fourth-order valence-corrected chi connectivity index (χ4v) is 3.66. The van der Waals surface area contributed by atoms with Crippen LogP contribution in [0.5, 0.6) is 0 Å². The van der Waals surface area contributed by atoms with E-state index >= 15 is 0 Å². The van der Waals surface area contributed by atoms with Gasteiger partial charge in [0.15, 0.2) is 9.93 Å². The van der Waals surface area contributed by atoms with Crippen molar-refractivity contribution in [3.05, 3.63) is 51.0 Å². The van der Waals surface area contributed by atoms with Crippen molar-refractivity contribution in [2.75, 3.05) is 0 Å². The van der Waals surface area contributed by atoms with Gasteiger partial charge in [-0.05, 0) is 19.9 Å². The summed E-state index contributed by atoms with van der Waals surface area (Å²) in [5.41, 5.74) is 2.48. The molecule has 0 unspecified atom stereocenters. The third kappa shape index (κ3) is 2.50. The molecule has 0 aliphatic rings. The highest BCUT2D eigenvalue weighted by Crippen LogP contribution is 2.22. The molecule has 0 aromatic carbocycles. The maximum absolute atomic E-state index is 12.4. The number of aryl methyl sites for hydroxylation is 2. The largest absolute Gasteiger partial charge is 0.327 e. The van der Waals surface area contributed by atoms with Crippen molar-refractivity contribution < 1.29 is 4.79 Å². The van der Waals surface area contributed by atoms with Crippen LogP contribution in [0.2, 0.25) is 0 Å². The second-order valence-electron chi connectivity index (χ2n) is 4.65. The average molecular weight is 318 g/mol. The highest BCUT2D eigenvalue weighted by Gasteiger charge is 2.17. The van der Waals surface area contributed by atoms with Crippen LogP contribution >= 0.6 is 22.7 Å². The number of hydrogen-bond acceptors (Lipinski definition) is 4. The van der Waals surface area contributed by atoms with Crippen LogP contribution in [-0.4, -0.2) is 20.0 Å². The van der Waals surface area contributed by atoms with Crippen LogP contribution in [0.1, 0.15) is 21.7 Å². The fourth-order valence-electron chi connectivity index (χ4n) is 2.18. The van der Waals surface area contributed by atoms with Gasteiger partial charge >= 0.3 is 0 Å². The second kappa shape index (κ2) is 5.42. The summed E-state index contributed by atoms with van der Waals surface area (Å²) in [4.78, 5) is 21.6. The normalized spacial score (nSPS) is 12.0. The van der Waals surface area contributed by atoms with E-state index in [-0.39, 0.29) is 5.91 Å². The molecule has 5 nitrogen and oxygen atoms in total. The molecule has 3 aromatic rings. The Kier molecular flexibility index (Phi) is 3.60. The van der Waals surface area contributed by atoms with Crippen molar-refractivity contribution in [1.29, 1.82) is 0 Å². The Bertz CT molecular complexity index is 852. The van der Waals surface area contributed by atoms with Crippen LogP contribution in [0.15, 0.2) is 34.2 Å². The van der Waals surface area contributed by atoms with E-state index in [9.17, 15) is 4.79 Å². The van der Waals surface area contributed by atoms with E-state index in [4.69, 9.17) is 0 Å². The first-order chi connectivity index (χ1) is 10.1. The minimum Gasteiger partial charge on any atom is -0.327 e. The van der Waals surface area contributed by atoms with Gasteiger partial charge in [-0.25, -0.2) is 4.98 Å². The van der Waals surface area contributed by atoms with Crippen LogP contribution in [0.3, 0.4) is 0 Å². The van der Waals surface area contributed by atoms with Gasteiger partial charge in [0.05, 0.1) is 5.56 Å². The highest BCUT2D eigenvalue weighted by atomic mass is 32.1. The molecule has 1 amide bonds. The molecule has 7 heteroatoms. The Hall–Kier alpha value is -1.99. The molecule has 3 rings (SSSR count). The molecule has 0 spiro atoms. The van der Waals surface area contributed by atoms with Crippen molar-refractivity contribution in [3.8, 4) is 5.13 Å². The number of hydrogen-bond donors (Lipinski definition) is 0. The lowest BCUT2D eigenvalue weighted by atomic mass is 10.2. The molecule has 0 bridgehead atoms. The van der Waals surface area contributed by atoms with Crippen LogP contribution in [0.4, 0.5) is 0 Å². The molecular weight excluding hydrogens is 304 g/mol. The lowest BCUT2D eigenvalue weighted by molar-refractivity contribution is 0.0997. The maximum atomic E-state index is 12.4. The quantitative estimate of drug-likeness (QED) is 0.729. The number of amides is 1. The number of thiazole rings is 2. The van der Waals surface area contributed by atoms with Crippen molar-refractivity contribution in [2.45, 2.75) is 13.8 Å². The van der Waals surface area contributed by atoms with Crippen LogP contribution < -0.4 is 4.80 Å². The number of aromatic nitrogens is 3. The topological polar surface area (TPSA) is 52.2 Å². The Labute approximate surface area is 129 Å². The Morgan fingerprint density at radius 1 is 1.29 bits per heavy atom. The van der Waals surface area contributed by atoms with Crippen molar-refractivity contribution >= 4 is 28.6 Å². The van der Waals surface area contributed by atoms with Crippen LogP contribution in [0.25, 0.3) is 5.13 Å². The summed E-state index contributed by atoms with van der Waals surface area (Å²) in [5, 5.41) is 4.70. The van der Waals surface area contributed by atoms with E-state index in [1.165, 1.54) is 11.3 Å². The van der Waals surface area contributed by atoms with Crippen molar-refractivity contribution in [2.24, 2.45) is 12.0 Å². The first-order valence-corrected chi connectivity index (χ1v) is 8.12. The highest BCUT2D eigenvalue weighted by molar-refractivity contribution is 7.12. The first kappa shape index (κ1) is 14.0. The molecule has 108 valence electrons. The third-order valence-corrected chi connectivity index (χ3v) is 4.83. The van der Waals surface area contributed by atoms with Gasteiger partial charge in [-0.2, -0.15) is 4.99 Å². The Balaban J connectivity index is 2.07. The number of carbonyl (C=O) groups excluding carboxylic acids is 1. The molecule has 21 heavy (non-hydrogen) atoms. The van der Waals surface area contributed by atoms with Crippen LogP contribution in [-0.2, 0) is 7.05 Å². The molecule has 0 aliphatic carbocycles. The minimum atomic E-state index is -0.219. The lowest BCUT2D eigenvalue weighted by Crippen LogP contribution is -2.13. The zero-order valence-electron chi connectivity index (χ0n) is 11.9. The van der Waals surface area contributed by atoms with Gasteiger partial charge in [0.1, 0.15) is 0 Å². The van der Waals surface area contributed by atoms with Gasteiger partial charge in [-0.3, -0.25) is 9.36 Å². The van der Waals surface area contributed by atoms with Crippen LogP contribution in [0, 0.1) is 13.8 Å². The monoisotopic (exact) mass is 318 g/mol. The lowest BCUT2D eigenvalue weighted by Gasteiger charge is -2.04. The Morgan fingerprint density at radius 2 is 2.10 bits per heavy atom. The van der Waals surface area contributed by atoms with Gasteiger partial charge in [-0.15, -0.1) is 22.7 Å². The van der Waals surface area contributed by atoms with Crippen molar-refractivity contribution in [1.82, 2.24) is 14.1 Å². The summed E-state index contributed by atoms with van der Waals surface area (Å²) in [5.74, 6) is -0.219. The molecule has 0 saturated carbocycles. The average Bonchev–Trinajstić information content (AvgIpc) is 3.13. The number of carbonyl (C=O) groups is 1. The summed E-state index contributed by atoms with van der Waals surface area (Å²) in [6.45, 7) is 3.89. The maximum Gasteiger partial charge on any atom is 0.281 e. The SMILES string of the molecule is Cc1cc(C(=O)N=c2sccn2C)c(C)n1-c1nccs1. The van der Waals surface area contributed by atoms with E-state index in [1.54, 1.807) is 17.5 Å². The summed E-state index contributed by atoms with van der Waals surface area (Å²) >= 11 is 2.99. The van der Waals surface area contributed by atoms with E-state index < -0.39 is 0 Å². The van der Waals surface area contributed by atoms with Gasteiger partial charge in [0, 0.05) is 41.6 Å². The zero-order chi connectivity index (χ0) is 15.0. The summed E-state index contributed by atoms with van der Waals surface area (Å²) in [6, 6.07) is 1.87. The molecule has 0 radical (unpaired) electrons. The molecule has 0 N–H and O–H groups in total. The predicted octanol–water partition coefficient (Wildman–Crippen LogP) is 2.69. The third-order valence-electron chi connectivity index (χ3n) is 3.23. The molecule has 0 aliphatic heterocycles. The smallest absolute Gasteiger partial charge is 0.281 e. The van der Waals surface area contributed by atoms with Gasteiger partial charge in [0.25, 0.3) is 5.91 Å². The fraction of sp³-hybridized carbons (Fsp3) is 0.214. The van der Waals surface area contributed by atoms with Gasteiger partial charge in [-0.1, -0.05) is 0 Å². The van der Waals surface area contributed by atoms with E-state index in [0.29, 0.717) is 10.4 Å². The molecule has 3 aromatic heterocycles. The standard InChI is InChI=1S/C14H14N4OS2/c1-9-8-11(10(2)18(9)13-15-4-6-20-13)12(19)16-14-17(3)5-7-21-14/h4-8H,1-3H3. The molecule has 0 atom stereocenters. The molecular formula is C14H14N4OS2. The zero-order valence-corrected chi connectivity index (χ0v) is 13.5. The Morgan fingerprint density at radius 3 is 2.71 bits per heavy atom. The van der Waals surface area contributed by atoms with Crippen molar-refractivity contribution in [3.63, 3.8) is 0 Å². The molecule has 0 fully saturated rings. The number of nitrogens with zero attached hydrogens (tertiary/aromatic N) is 4. The van der Waals surface area contributed by atoms with Gasteiger partial charge in [0.2, 0.25) is 0 Å². The van der Waals surface area contributed by atoms with Gasteiger partial charge < -0.3 is 4.57 Å². The molecule has 3 heterocycles. The van der Waals surface area contributed by atoms with E-state index in [1.807, 2.05) is 53.1 Å². The summed E-state index contributed by atoms with van der Waals surface area (Å²) < 4.78 is 3.82. The van der Waals surface area contributed by atoms with E-state index in [0.717, 1.165) is 16.5 Å². The summed E-state index contributed by atoms with van der Waals surface area (Å²) in [7, 11) is 1.88. The predicted molar refractivity (Wildman–Crippen MR) is 84.1 cm³/mol. The molecule has 0 saturated heterocycles.